The van der Waals surface area contributed by atoms with Crippen LogP contribution in [0.15, 0.2) is 61.6 Å². The highest BCUT2D eigenvalue weighted by Crippen LogP contribution is 2.34. The molecule has 38 heavy (non-hydrogen) atoms. The van der Waals surface area contributed by atoms with Crippen LogP contribution in [0.1, 0.15) is 20.8 Å². The van der Waals surface area contributed by atoms with Crippen LogP contribution in [0.3, 0.4) is 0 Å². The van der Waals surface area contributed by atoms with Crippen molar-refractivity contribution in [2.24, 2.45) is 5.41 Å². The molecule has 6 aromatic heterocycles. The number of amides is 1. The van der Waals surface area contributed by atoms with Crippen LogP contribution in [0.5, 0.6) is 0 Å². The molecule has 0 atom stereocenters. The van der Waals surface area contributed by atoms with E-state index >= 15 is 4.39 Å². The van der Waals surface area contributed by atoms with Gasteiger partial charge in [0.25, 0.3) is 0 Å². The van der Waals surface area contributed by atoms with Gasteiger partial charge in [0.15, 0.2) is 11.6 Å². The topological polar surface area (TPSA) is 138 Å². The van der Waals surface area contributed by atoms with E-state index in [0.29, 0.717) is 39.3 Å². The molecule has 0 saturated heterocycles. The highest BCUT2D eigenvalue weighted by atomic mass is 19.1. The smallest absolute Gasteiger partial charge is 0.229 e. The van der Waals surface area contributed by atoms with E-state index in [-0.39, 0.29) is 17.0 Å². The van der Waals surface area contributed by atoms with Crippen LogP contribution in [0, 0.1) is 11.2 Å². The second-order valence-electron chi connectivity index (χ2n) is 9.86. The minimum atomic E-state index is -0.594. The van der Waals surface area contributed by atoms with E-state index < -0.39 is 11.2 Å². The molecule has 0 aliphatic carbocycles. The molecule has 0 aliphatic heterocycles. The number of anilines is 1. The minimum Gasteiger partial charge on any atom is -0.335 e. The molecule has 0 spiro atoms. The van der Waals surface area contributed by atoms with Crippen LogP contribution >= 0.6 is 0 Å². The van der Waals surface area contributed by atoms with Gasteiger partial charge in [-0.25, -0.2) is 9.37 Å². The summed E-state index contributed by atoms with van der Waals surface area (Å²) in [5, 5.41) is 10.2. The number of aromatic nitrogens is 8. The van der Waals surface area contributed by atoms with Gasteiger partial charge in [-0.2, -0.15) is 5.10 Å². The summed E-state index contributed by atoms with van der Waals surface area (Å²) in [6, 6.07) is 5.40. The summed E-state index contributed by atoms with van der Waals surface area (Å²) in [7, 11) is 0. The van der Waals surface area contributed by atoms with E-state index in [1.807, 2.05) is 32.9 Å². The zero-order valence-electron chi connectivity index (χ0n) is 20.7. The van der Waals surface area contributed by atoms with Crippen LogP contribution in [-0.4, -0.2) is 46.0 Å². The molecule has 10 nitrogen and oxygen atoms in total. The van der Waals surface area contributed by atoms with Crippen LogP contribution in [0.2, 0.25) is 0 Å². The average Bonchev–Trinajstić information content (AvgIpc) is 3.54. The van der Waals surface area contributed by atoms with Crippen LogP contribution in [-0.2, 0) is 4.79 Å². The largest absolute Gasteiger partial charge is 0.335 e. The number of aromatic amines is 2. The summed E-state index contributed by atoms with van der Waals surface area (Å²) in [6.45, 7) is 5.43. The highest BCUT2D eigenvalue weighted by molar-refractivity contribution is 5.98. The van der Waals surface area contributed by atoms with Gasteiger partial charge in [-0.05, 0) is 12.1 Å². The van der Waals surface area contributed by atoms with Crippen LogP contribution < -0.4 is 5.32 Å². The summed E-state index contributed by atoms with van der Waals surface area (Å²) in [5.41, 5.74) is 4.06. The van der Waals surface area contributed by atoms with Gasteiger partial charge in [0.1, 0.15) is 16.9 Å². The van der Waals surface area contributed by atoms with E-state index in [2.05, 4.69) is 40.4 Å². The first-order valence-electron chi connectivity index (χ1n) is 11.8. The summed E-state index contributed by atoms with van der Waals surface area (Å²) >= 11 is 0. The fourth-order valence-electron chi connectivity index (χ4n) is 4.08. The van der Waals surface area contributed by atoms with Crippen LogP contribution in [0.4, 0.5) is 10.1 Å². The molecule has 0 bridgehead atoms. The van der Waals surface area contributed by atoms with Crippen molar-refractivity contribution >= 4 is 33.5 Å². The quantitative estimate of drug-likeness (QED) is 0.300. The molecule has 0 unspecified atom stereocenters. The lowest BCUT2D eigenvalue weighted by Crippen LogP contribution is -2.27. The second-order valence-corrected chi connectivity index (χ2v) is 9.86. The number of rotatable bonds is 4. The van der Waals surface area contributed by atoms with Crippen LogP contribution in [0.25, 0.3) is 55.8 Å². The van der Waals surface area contributed by atoms with Crippen molar-refractivity contribution in [1.29, 1.82) is 0 Å². The Labute approximate surface area is 215 Å². The van der Waals surface area contributed by atoms with E-state index in [0.717, 1.165) is 11.1 Å². The molecule has 0 aromatic carbocycles. The maximum Gasteiger partial charge on any atom is 0.229 e. The summed E-state index contributed by atoms with van der Waals surface area (Å²) in [6.07, 6.45) is 11.3. The van der Waals surface area contributed by atoms with Crippen molar-refractivity contribution in [2.45, 2.75) is 20.8 Å². The summed E-state index contributed by atoms with van der Waals surface area (Å²) in [5.74, 6) is -0.384. The normalized spacial score (nSPS) is 11.8. The molecule has 0 fully saturated rings. The Morgan fingerprint density at radius 2 is 1.76 bits per heavy atom. The molecule has 1 amide bonds. The lowest BCUT2D eigenvalue weighted by Gasteiger charge is -2.17. The third kappa shape index (κ3) is 4.03. The number of nitrogens with one attached hydrogen (secondary N) is 3. The molecular weight excluding hydrogens is 485 g/mol. The van der Waals surface area contributed by atoms with Gasteiger partial charge in [-0.3, -0.25) is 29.8 Å². The van der Waals surface area contributed by atoms with Crippen molar-refractivity contribution in [3.63, 3.8) is 0 Å². The van der Waals surface area contributed by atoms with Gasteiger partial charge in [-0.1, -0.05) is 26.8 Å². The van der Waals surface area contributed by atoms with Crippen molar-refractivity contribution in [2.75, 3.05) is 5.32 Å². The number of imidazole rings is 1. The molecule has 0 saturated carbocycles. The summed E-state index contributed by atoms with van der Waals surface area (Å²) < 4.78 is 16.0. The molecule has 6 heterocycles. The number of carbonyl (C=O) groups is 1. The zero-order chi connectivity index (χ0) is 26.4. The molecule has 0 aliphatic rings. The maximum absolute atomic E-state index is 16.0. The second kappa shape index (κ2) is 8.80. The Balaban J connectivity index is 1.44. The zero-order valence-corrected chi connectivity index (χ0v) is 20.7. The number of halogens is 1. The van der Waals surface area contributed by atoms with Gasteiger partial charge in [0.2, 0.25) is 5.91 Å². The first-order valence-corrected chi connectivity index (χ1v) is 11.8. The van der Waals surface area contributed by atoms with Crippen molar-refractivity contribution in [3.05, 3.63) is 67.4 Å². The van der Waals surface area contributed by atoms with Crippen molar-refractivity contribution < 1.29 is 9.18 Å². The minimum absolute atomic E-state index is 0.0772. The number of nitrogens with zero attached hydrogens (tertiary/aromatic N) is 6. The Morgan fingerprint density at radius 3 is 2.55 bits per heavy atom. The third-order valence-corrected chi connectivity index (χ3v) is 6.09. The number of hydrogen-bond acceptors (Lipinski definition) is 7. The lowest BCUT2D eigenvalue weighted by molar-refractivity contribution is -0.123. The van der Waals surface area contributed by atoms with Gasteiger partial charge >= 0.3 is 0 Å². The van der Waals surface area contributed by atoms with Gasteiger partial charge < -0.3 is 10.3 Å². The molecule has 3 N–H and O–H groups in total. The predicted octanol–water partition coefficient (Wildman–Crippen LogP) is 5.14. The Kier molecular flexibility index (Phi) is 5.41. The van der Waals surface area contributed by atoms with Gasteiger partial charge in [-0.15, -0.1) is 0 Å². The highest BCUT2D eigenvalue weighted by Gasteiger charge is 2.23. The Hall–Kier alpha value is -5.06. The third-order valence-electron chi connectivity index (χ3n) is 6.09. The Bertz CT molecular complexity index is 1820. The SMILES string of the molecule is CC(C)(C)C(=O)Nc1cncc(-c2ncc3[nH]nc(-c4nc5c(-c6cccnc6)cncc5[nH]4)c3c2F)c1. The first kappa shape index (κ1) is 23.3. The number of pyridine rings is 4. The first-order chi connectivity index (χ1) is 18.3. The molecule has 6 aromatic rings. The van der Waals surface area contributed by atoms with Gasteiger partial charge in [0.05, 0.1) is 40.7 Å². The van der Waals surface area contributed by atoms with E-state index in [1.165, 1.54) is 18.6 Å². The lowest BCUT2D eigenvalue weighted by atomic mass is 9.95. The number of fused-ring (bicyclic) bond motifs is 2. The molecule has 188 valence electrons. The van der Waals surface area contributed by atoms with E-state index in [4.69, 9.17) is 4.98 Å². The predicted molar refractivity (Wildman–Crippen MR) is 141 cm³/mol. The van der Waals surface area contributed by atoms with Crippen molar-refractivity contribution in [1.82, 2.24) is 40.1 Å². The maximum atomic E-state index is 16.0. The van der Waals surface area contributed by atoms with E-state index in [1.54, 1.807) is 30.9 Å². The van der Waals surface area contributed by atoms with E-state index in [9.17, 15) is 4.79 Å². The molecule has 0 radical (unpaired) electrons. The molecule has 6 rings (SSSR count). The fourth-order valence-corrected chi connectivity index (χ4v) is 4.08. The fraction of sp³-hybridized carbons (Fsp3) is 0.148. The summed E-state index contributed by atoms with van der Waals surface area (Å²) in [4.78, 5) is 37.3. The number of hydrogen-bond donors (Lipinski definition) is 3. The number of carbonyl (C=O) groups excluding carboxylic acids is 1. The standard InChI is InChI=1S/C27H22FN9O/c1-27(2,3)26(38)33-16-7-15(9-30-10-16)22-21(28)20-18(13-32-22)36-37-24(20)25-34-19-12-31-11-17(23(19)35-25)14-5-4-6-29-8-14/h4-13H,1-3H3,(H,33,38)(H,34,35)(H,36,37). The molecular formula is C27H22FN9O. The van der Waals surface area contributed by atoms with Crippen molar-refractivity contribution in [3.8, 4) is 33.9 Å². The number of H-pyrrole nitrogens is 2. The Morgan fingerprint density at radius 1 is 0.947 bits per heavy atom. The molecule has 11 heteroatoms. The average molecular weight is 508 g/mol. The van der Waals surface area contributed by atoms with Gasteiger partial charge in [0, 0.05) is 46.9 Å². The monoisotopic (exact) mass is 507 g/mol.